The summed E-state index contributed by atoms with van der Waals surface area (Å²) in [7, 11) is 0. The molecular formula is C16H29N5. The summed E-state index contributed by atoms with van der Waals surface area (Å²) in [6.45, 7) is 4.13. The minimum Gasteiger partial charge on any atom is -0.338 e. The Balaban J connectivity index is 1.58. The Labute approximate surface area is 127 Å². The van der Waals surface area contributed by atoms with E-state index in [1.54, 1.807) is 0 Å². The Hall–Kier alpha value is -1.10. The lowest BCUT2D eigenvalue weighted by Gasteiger charge is -2.34. The van der Waals surface area contributed by atoms with Gasteiger partial charge in [-0.3, -0.25) is 5.10 Å². The zero-order valence-corrected chi connectivity index (χ0v) is 13.2. The van der Waals surface area contributed by atoms with Crippen molar-refractivity contribution < 1.29 is 0 Å². The van der Waals surface area contributed by atoms with Crippen LogP contribution in [0.1, 0.15) is 57.7 Å². The number of hydrogen-bond donors (Lipinski definition) is 2. The molecule has 2 atom stereocenters. The zero-order valence-electron chi connectivity index (χ0n) is 13.2. The second kappa shape index (κ2) is 6.77. The monoisotopic (exact) mass is 291 g/mol. The van der Waals surface area contributed by atoms with Gasteiger partial charge in [-0.1, -0.05) is 45.4 Å². The van der Waals surface area contributed by atoms with Gasteiger partial charge in [0.05, 0.1) is 0 Å². The average molecular weight is 291 g/mol. The molecule has 5 nitrogen and oxygen atoms in total. The quantitative estimate of drug-likeness (QED) is 0.839. The lowest BCUT2D eigenvalue weighted by molar-refractivity contribution is 0.376. The molecule has 118 valence electrons. The summed E-state index contributed by atoms with van der Waals surface area (Å²) >= 11 is 0. The molecule has 2 fully saturated rings. The molecule has 0 spiro atoms. The van der Waals surface area contributed by atoms with Gasteiger partial charge in [0, 0.05) is 25.6 Å². The largest absolute Gasteiger partial charge is 0.338 e. The van der Waals surface area contributed by atoms with Crippen molar-refractivity contribution in [1.82, 2.24) is 15.2 Å². The maximum Gasteiger partial charge on any atom is 0.244 e. The van der Waals surface area contributed by atoms with E-state index in [0.29, 0.717) is 5.92 Å². The number of nitrogens with two attached hydrogens (primary N) is 1. The van der Waals surface area contributed by atoms with E-state index in [-0.39, 0.29) is 6.04 Å². The molecule has 1 aliphatic carbocycles. The molecule has 0 radical (unpaired) electrons. The number of aromatic amines is 1. The van der Waals surface area contributed by atoms with Crippen LogP contribution in [0.3, 0.4) is 0 Å². The van der Waals surface area contributed by atoms with Crippen LogP contribution in [0.4, 0.5) is 5.95 Å². The summed E-state index contributed by atoms with van der Waals surface area (Å²) in [6, 6.07) is 0.238. The van der Waals surface area contributed by atoms with E-state index in [4.69, 9.17) is 10.7 Å². The van der Waals surface area contributed by atoms with Crippen LogP contribution in [0.15, 0.2) is 0 Å². The number of piperidine rings is 1. The van der Waals surface area contributed by atoms with Gasteiger partial charge in [-0.2, -0.15) is 4.98 Å². The highest BCUT2D eigenvalue weighted by atomic mass is 15.4. The van der Waals surface area contributed by atoms with Crippen LogP contribution < -0.4 is 10.6 Å². The molecule has 1 aliphatic heterocycles. The first-order valence-electron chi connectivity index (χ1n) is 8.64. The highest BCUT2D eigenvalue weighted by Crippen LogP contribution is 2.26. The van der Waals surface area contributed by atoms with Crippen molar-refractivity contribution in [2.75, 3.05) is 18.0 Å². The lowest BCUT2D eigenvalue weighted by atomic mass is 9.94. The zero-order chi connectivity index (χ0) is 14.7. The molecule has 0 amide bonds. The van der Waals surface area contributed by atoms with Crippen LogP contribution >= 0.6 is 0 Å². The standard InChI is InChI=1S/C16H29N5/c1-12-8-9-21(11-14(12)17)16-18-15(19-20-16)10-13-6-4-2-3-5-7-13/h12-14H,2-11,17H2,1H3,(H,18,19,20). The highest BCUT2D eigenvalue weighted by Gasteiger charge is 2.25. The minimum absolute atomic E-state index is 0.238. The lowest BCUT2D eigenvalue weighted by Crippen LogP contribution is -2.48. The first-order valence-corrected chi connectivity index (χ1v) is 8.64. The summed E-state index contributed by atoms with van der Waals surface area (Å²) < 4.78 is 0. The molecule has 2 unspecified atom stereocenters. The Kier molecular flexibility index (Phi) is 4.78. The molecule has 0 bridgehead atoms. The first-order chi connectivity index (χ1) is 10.2. The van der Waals surface area contributed by atoms with Gasteiger partial charge in [0.2, 0.25) is 5.95 Å². The van der Waals surface area contributed by atoms with E-state index in [1.165, 1.54) is 38.5 Å². The molecule has 3 rings (SSSR count). The second-order valence-corrected chi connectivity index (χ2v) is 7.02. The first kappa shape index (κ1) is 14.8. The van der Waals surface area contributed by atoms with Crippen LogP contribution in [0.25, 0.3) is 0 Å². The SMILES string of the molecule is CC1CCN(c2n[nH]c(CC3CCCCCC3)n2)CC1N. The molecule has 1 saturated carbocycles. The molecule has 5 heteroatoms. The summed E-state index contributed by atoms with van der Waals surface area (Å²) in [5.41, 5.74) is 6.17. The average Bonchev–Trinajstić information content (AvgIpc) is 2.78. The molecule has 1 aromatic heterocycles. The fourth-order valence-electron chi connectivity index (χ4n) is 3.64. The van der Waals surface area contributed by atoms with Crippen molar-refractivity contribution in [2.24, 2.45) is 17.6 Å². The Morgan fingerprint density at radius 2 is 1.95 bits per heavy atom. The van der Waals surface area contributed by atoms with Crippen LogP contribution in [0, 0.1) is 11.8 Å². The van der Waals surface area contributed by atoms with Crippen LogP contribution in [-0.2, 0) is 6.42 Å². The number of nitrogens with zero attached hydrogens (tertiary/aromatic N) is 3. The summed E-state index contributed by atoms with van der Waals surface area (Å²) in [4.78, 5) is 6.96. The normalized spacial score (nSPS) is 28.6. The molecule has 21 heavy (non-hydrogen) atoms. The van der Waals surface area contributed by atoms with E-state index in [0.717, 1.165) is 43.6 Å². The third kappa shape index (κ3) is 3.76. The third-order valence-electron chi connectivity index (χ3n) is 5.28. The number of rotatable bonds is 3. The van der Waals surface area contributed by atoms with Crippen molar-refractivity contribution in [2.45, 2.75) is 64.3 Å². The van der Waals surface area contributed by atoms with Crippen molar-refractivity contribution >= 4 is 5.95 Å². The van der Waals surface area contributed by atoms with E-state index in [2.05, 4.69) is 22.0 Å². The molecule has 2 heterocycles. The van der Waals surface area contributed by atoms with Crippen molar-refractivity contribution in [3.8, 4) is 0 Å². The van der Waals surface area contributed by atoms with Gasteiger partial charge in [0.25, 0.3) is 0 Å². The van der Waals surface area contributed by atoms with Gasteiger partial charge < -0.3 is 10.6 Å². The van der Waals surface area contributed by atoms with Gasteiger partial charge in [-0.15, -0.1) is 5.10 Å². The number of aromatic nitrogens is 3. The van der Waals surface area contributed by atoms with Crippen molar-refractivity contribution in [3.63, 3.8) is 0 Å². The Morgan fingerprint density at radius 1 is 1.19 bits per heavy atom. The Morgan fingerprint density at radius 3 is 2.67 bits per heavy atom. The smallest absolute Gasteiger partial charge is 0.244 e. The summed E-state index contributed by atoms with van der Waals surface area (Å²) in [5.74, 6) is 3.30. The molecule has 3 N–H and O–H groups in total. The predicted octanol–water partition coefficient (Wildman–Crippen LogP) is 2.49. The highest BCUT2D eigenvalue weighted by molar-refractivity contribution is 5.30. The number of hydrogen-bond acceptors (Lipinski definition) is 4. The third-order valence-corrected chi connectivity index (χ3v) is 5.28. The second-order valence-electron chi connectivity index (χ2n) is 7.02. The maximum absolute atomic E-state index is 6.17. The summed E-state index contributed by atoms with van der Waals surface area (Å²) in [5, 5.41) is 7.58. The van der Waals surface area contributed by atoms with Crippen LogP contribution in [0.2, 0.25) is 0 Å². The molecule has 1 aromatic rings. The van der Waals surface area contributed by atoms with Gasteiger partial charge in [-0.25, -0.2) is 0 Å². The molecule has 0 aromatic carbocycles. The van der Waals surface area contributed by atoms with Crippen molar-refractivity contribution in [1.29, 1.82) is 0 Å². The number of anilines is 1. The number of H-pyrrole nitrogens is 1. The summed E-state index contributed by atoms with van der Waals surface area (Å²) in [6.07, 6.45) is 10.5. The Bertz CT molecular complexity index is 436. The fraction of sp³-hybridized carbons (Fsp3) is 0.875. The van der Waals surface area contributed by atoms with Crippen molar-refractivity contribution in [3.05, 3.63) is 5.82 Å². The van der Waals surface area contributed by atoms with Gasteiger partial charge in [0.1, 0.15) is 5.82 Å². The molecule has 1 saturated heterocycles. The maximum atomic E-state index is 6.17. The van der Waals surface area contributed by atoms with Gasteiger partial charge >= 0.3 is 0 Å². The molecular weight excluding hydrogens is 262 g/mol. The van der Waals surface area contributed by atoms with E-state index in [9.17, 15) is 0 Å². The topological polar surface area (TPSA) is 70.8 Å². The van der Waals surface area contributed by atoms with E-state index < -0.39 is 0 Å². The van der Waals surface area contributed by atoms with Crippen LogP contribution in [0.5, 0.6) is 0 Å². The van der Waals surface area contributed by atoms with Crippen LogP contribution in [-0.4, -0.2) is 34.3 Å². The van der Waals surface area contributed by atoms with Gasteiger partial charge in [0.15, 0.2) is 0 Å². The van der Waals surface area contributed by atoms with E-state index >= 15 is 0 Å². The van der Waals surface area contributed by atoms with E-state index in [1.807, 2.05) is 0 Å². The predicted molar refractivity (Wildman–Crippen MR) is 85.2 cm³/mol. The fourth-order valence-corrected chi connectivity index (χ4v) is 3.64. The van der Waals surface area contributed by atoms with Gasteiger partial charge in [-0.05, 0) is 18.3 Å². The molecule has 2 aliphatic rings. The number of nitrogens with one attached hydrogen (secondary N) is 1. The minimum atomic E-state index is 0.238.